The molecular weight excluding hydrogens is 200 g/mol. The molecule has 0 saturated heterocycles. The molecule has 0 aromatic heterocycles. The lowest BCUT2D eigenvalue weighted by Gasteiger charge is -2.08. The Morgan fingerprint density at radius 3 is 3.00 bits per heavy atom. The van der Waals surface area contributed by atoms with Crippen molar-refractivity contribution in [2.24, 2.45) is 0 Å². The lowest BCUT2D eigenvalue weighted by Crippen LogP contribution is -2.00. The Kier molecular flexibility index (Phi) is 3.62. The van der Waals surface area contributed by atoms with Gasteiger partial charge in [-0.1, -0.05) is 24.6 Å². The number of aliphatic hydroxyl groups is 1. The van der Waals surface area contributed by atoms with Gasteiger partial charge in [0.25, 0.3) is 0 Å². The number of aliphatic hydroxyl groups excluding tert-OH is 1. The van der Waals surface area contributed by atoms with E-state index >= 15 is 0 Å². The van der Waals surface area contributed by atoms with Gasteiger partial charge in [0, 0.05) is 0 Å². The van der Waals surface area contributed by atoms with Crippen molar-refractivity contribution in [3.05, 3.63) is 35.9 Å². The fourth-order valence-electron chi connectivity index (χ4n) is 2.13. The molecule has 0 saturated carbocycles. The summed E-state index contributed by atoms with van der Waals surface area (Å²) in [5, 5.41) is 9.74. The van der Waals surface area contributed by atoms with Crippen molar-refractivity contribution in [1.29, 1.82) is 0 Å². The zero-order valence-electron chi connectivity index (χ0n) is 9.65. The number of methoxy groups -OCH3 is 1. The molecule has 1 unspecified atom stereocenters. The molecule has 0 radical (unpaired) electrons. The zero-order valence-corrected chi connectivity index (χ0v) is 9.65. The van der Waals surface area contributed by atoms with Gasteiger partial charge in [-0.2, -0.15) is 0 Å². The summed E-state index contributed by atoms with van der Waals surface area (Å²) in [5.41, 5.74) is 2.41. The average Bonchev–Trinajstić information content (AvgIpc) is 2.54. The van der Waals surface area contributed by atoms with Gasteiger partial charge in [0.05, 0.1) is 13.2 Å². The number of ether oxygens (including phenoxy) is 1. The summed E-state index contributed by atoms with van der Waals surface area (Å²) >= 11 is 0. The van der Waals surface area contributed by atoms with Gasteiger partial charge in [-0.15, -0.1) is 0 Å². The molecule has 0 heterocycles. The lowest BCUT2D eigenvalue weighted by atomic mass is 10.0. The summed E-state index contributed by atoms with van der Waals surface area (Å²) in [6, 6.07) is 8.04. The molecule has 0 bridgehead atoms. The predicted octanol–water partition coefficient (Wildman–Crippen LogP) is 3.01. The Hall–Kier alpha value is -1.28. The maximum Gasteiger partial charge on any atom is 0.119 e. The van der Waals surface area contributed by atoms with Gasteiger partial charge in [0.1, 0.15) is 5.75 Å². The third kappa shape index (κ3) is 2.64. The normalized spacial score (nSPS) is 21.1. The summed E-state index contributed by atoms with van der Waals surface area (Å²) in [6.45, 7) is 0. The first-order valence-corrected chi connectivity index (χ1v) is 5.83. The average molecular weight is 218 g/mol. The summed E-state index contributed by atoms with van der Waals surface area (Å²) in [5.74, 6) is 0.872. The molecule has 0 amide bonds. The van der Waals surface area contributed by atoms with E-state index < -0.39 is 0 Å². The van der Waals surface area contributed by atoms with Gasteiger partial charge in [0.15, 0.2) is 0 Å². The molecule has 2 heteroatoms. The van der Waals surface area contributed by atoms with Crippen molar-refractivity contribution in [2.45, 2.75) is 31.8 Å². The summed E-state index contributed by atoms with van der Waals surface area (Å²) in [6.07, 6.45) is 5.88. The molecule has 16 heavy (non-hydrogen) atoms. The molecule has 0 aliphatic heterocycles. The fourth-order valence-corrected chi connectivity index (χ4v) is 2.13. The molecule has 1 aliphatic rings. The van der Waals surface area contributed by atoms with E-state index in [0.717, 1.165) is 31.4 Å². The van der Waals surface area contributed by atoms with Crippen molar-refractivity contribution >= 4 is 5.57 Å². The zero-order chi connectivity index (χ0) is 11.4. The van der Waals surface area contributed by atoms with E-state index in [1.54, 1.807) is 7.11 Å². The van der Waals surface area contributed by atoms with E-state index in [4.69, 9.17) is 4.74 Å². The standard InChI is InChI=1S/C14H18O2/c1-16-14-8-4-6-12(10-14)11-5-2-3-7-13(15)9-11/h4,6,8-10,13,15H,2-3,5,7H2,1H3. The quantitative estimate of drug-likeness (QED) is 0.826. The van der Waals surface area contributed by atoms with Crippen molar-refractivity contribution < 1.29 is 9.84 Å². The van der Waals surface area contributed by atoms with E-state index in [1.165, 1.54) is 11.1 Å². The van der Waals surface area contributed by atoms with Gasteiger partial charge >= 0.3 is 0 Å². The summed E-state index contributed by atoms with van der Waals surface area (Å²) < 4.78 is 5.21. The number of hydrogen-bond donors (Lipinski definition) is 1. The Bertz CT molecular complexity index is 382. The van der Waals surface area contributed by atoms with Crippen molar-refractivity contribution in [1.82, 2.24) is 0 Å². The van der Waals surface area contributed by atoms with Gasteiger partial charge in [-0.05, 0) is 42.5 Å². The van der Waals surface area contributed by atoms with Crippen LogP contribution in [0.3, 0.4) is 0 Å². The maximum absolute atomic E-state index is 9.74. The van der Waals surface area contributed by atoms with E-state index in [2.05, 4.69) is 6.07 Å². The molecular formula is C14H18O2. The van der Waals surface area contributed by atoms with Crippen molar-refractivity contribution in [2.75, 3.05) is 7.11 Å². The predicted molar refractivity (Wildman–Crippen MR) is 65.4 cm³/mol. The highest BCUT2D eigenvalue weighted by atomic mass is 16.5. The Morgan fingerprint density at radius 2 is 2.19 bits per heavy atom. The van der Waals surface area contributed by atoms with Crippen LogP contribution in [-0.4, -0.2) is 18.3 Å². The van der Waals surface area contributed by atoms with E-state index in [1.807, 2.05) is 24.3 Å². The minimum atomic E-state index is -0.288. The van der Waals surface area contributed by atoms with Crippen molar-refractivity contribution in [3.63, 3.8) is 0 Å². The molecule has 2 rings (SSSR count). The van der Waals surface area contributed by atoms with Crippen LogP contribution in [-0.2, 0) is 0 Å². The smallest absolute Gasteiger partial charge is 0.119 e. The maximum atomic E-state index is 9.74. The van der Waals surface area contributed by atoms with Crippen LogP contribution in [0.15, 0.2) is 30.3 Å². The van der Waals surface area contributed by atoms with Crippen LogP contribution in [0.2, 0.25) is 0 Å². The largest absolute Gasteiger partial charge is 0.497 e. The minimum absolute atomic E-state index is 0.288. The third-order valence-electron chi connectivity index (χ3n) is 3.03. The topological polar surface area (TPSA) is 29.5 Å². The Morgan fingerprint density at radius 1 is 1.31 bits per heavy atom. The van der Waals surface area contributed by atoms with Crippen LogP contribution in [0.4, 0.5) is 0 Å². The first-order valence-electron chi connectivity index (χ1n) is 5.83. The first-order chi connectivity index (χ1) is 7.79. The monoisotopic (exact) mass is 218 g/mol. The lowest BCUT2D eigenvalue weighted by molar-refractivity contribution is 0.211. The number of hydrogen-bond acceptors (Lipinski definition) is 2. The van der Waals surface area contributed by atoms with Crippen LogP contribution in [0, 0.1) is 0 Å². The van der Waals surface area contributed by atoms with Crippen LogP contribution in [0.5, 0.6) is 5.75 Å². The van der Waals surface area contributed by atoms with Gasteiger partial charge < -0.3 is 9.84 Å². The fraction of sp³-hybridized carbons (Fsp3) is 0.429. The minimum Gasteiger partial charge on any atom is -0.497 e. The summed E-state index contributed by atoms with van der Waals surface area (Å²) in [7, 11) is 1.68. The van der Waals surface area contributed by atoms with Crippen LogP contribution in [0.1, 0.15) is 31.2 Å². The van der Waals surface area contributed by atoms with E-state index in [-0.39, 0.29) is 6.10 Å². The van der Waals surface area contributed by atoms with Crippen LogP contribution in [0.25, 0.3) is 5.57 Å². The highest BCUT2D eigenvalue weighted by molar-refractivity contribution is 5.67. The molecule has 1 aromatic rings. The van der Waals surface area contributed by atoms with E-state index in [9.17, 15) is 5.11 Å². The van der Waals surface area contributed by atoms with E-state index in [0.29, 0.717) is 0 Å². The Balaban J connectivity index is 2.27. The van der Waals surface area contributed by atoms with Crippen molar-refractivity contribution in [3.8, 4) is 5.75 Å². The second-order valence-corrected chi connectivity index (χ2v) is 4.24. The molecule has 0 fully saturated rings. The van der Waals surface area contributed by atoms with Crippen LogP contribution >= 0.6 is 0 Å². The molecule has 2 nitrogen and oxygen atoms in total. The first kappa shape index (κ1) is 11.2. The summed E-state index contributed by atoms with van der Waals surface area (Å²) in [4.78, 5) is 0. The highest BCUT2D eigenvalue weighted by Crippen LogP contribution is 2.28. The Labute approximate surface area is 96.6 Å². The molecule has 1 aromatic carbocycles. The van der Waals surface area contributed by atoms with Gasteiger partial charge in [-0.25, -0.2) is 0 Å². The second-order valence-electron chi connectivity index (χ2n) is 4.24. The van der Waals surface area contributed by atoms with Crippen LogP contribution < -0.4 is 4.74 Å². The molecule has 1 N–H and O–H groups in total. The number of allylic oxidation sites excluding steroid dienone is 1. The molecule has 86 valence electrons. The molecule has 1 atom stereocenters. The molecule has 0 spiro atoms. The second kappa shape index (κ2) is 5.17. The van der Waals surface area contributed by atoms with Gasteiger partial charge in [0.2, 0.25) is 0 Å². The molecule has 1 aliphatic carbocycles. The van der Waals surface area contributed by atoms with Gasteiger partial charge in [-0.3, -0.25) is 0 Å². The number of rotatable bonds is 2. The SMILES string of the molecule is COc1cccc(C2=CC(O)CCCC2)c1. The third-order valence-corrected chi connectivity index (χ3v) is 3.03. The highest BCUT2D eigenvalue weighted by Gasteiger charge is 2.11. The number of benzene rings is 1.